The predicted molar refractivity (Wildman–Crippen MR) is 39.7 cm³/mol. The summed E-state index contributed by atoms with van der Waals surface area (Å²) in [6.45, 7) is 4.33. The molecular formula is C8H16O2. The van der Waals surface area contributed by atoms with Gasteiger partial charge in [0.05, 0.1) is 6.10 Å². The zero-order valence-electron chi connectivity index (χ0n) is 6.96. The van der Waals surface area contributed by atoms with Gasteiger partial charge in [0.1, 0.15) is 0 Å². The van der Waals surface area contributed by atoms with Crippen molar-refractivity contribution in [2.45, 2.75) is 39.1 Å². The molecule has 2 nitrogen and oxygen atoms in total. The molecule has 3 atom stereocenters. The van der Waals surface area contributed by atoms with E-state index in [0.717, 1.165) is 6.42 Å². The Morgan fingerprint density at radius 3 is 2.50 bits per heavy atom. The largest absolute Gasteiger partial charge is 0.356 e. The molecule has 10 heavy (non-hydrogen) atoms. The average molecular weight is 144 g/mol. The average Bonchev–Trinajstić information content (AvgIpc) is 1.95. The monoisotopic (exact) mass is 144 g/mol. The van der Waals surface area contributed by atoms with Crippen molar-refractivity contribution in [3.05, 3.63) is 0 Å². The van der Waals surface area contributed by atoms with E-state index in [1.807, 2.05) is 0 Å². The van der Waals surface area contributed by atoms with Gasteiger partial charge in [-0.3, -0.25) is 0 Å². The lowest BCUT2D eigenvalue weighted by Gasteiger charge is -2.31. The van der Waals surface area contributed by atoms with Crippen LogP contribution in [0.1, 0.15) is 26.7 Å². The molecule has 0 aromatic heterocycles. The SMILES string of the molecule is COC1CCC(C)C(C)O1. The Morgan fingerprint density at radius 1 is 1.30 bits per heavy atom. The second-order valence-electron chi connectivity index (χ2n) is 3.06. The normalized spacial score (nSPS) is 41.7. The van der Waals surface area contributed by atoms with E-state index in [0.29, 0.717) is 12.0 Å². The van der Waals surface area contributed by atoms with Gasteiger partial charge in [-0.1, -0.05) is 6.92 Å². The van der Waals surface area contributed by atoms with E-state index in [4.69, 9.17) is 9.47 Å². The molecule has 1 saturated heterocycles. The quantitative estimate of drug-likeness (QED) is 0.558. The van der Waals surface area contributed by atoms with Gasteiger partial charge < -0.3 is 9.47 Å². The van der Waals surface area contributed by atoms with E-state index >= 15 is 0 Å². The van der Waals surface area contributed by atoms with Crippen LogP contribution in [-0.4, -0.2) is 19.5 Å². The summed E-state index contributed by atoms with van der Waals surface area (Å²) in [6, 6.07) is 0. The van der Waals surface area contributed by atoms with Crippen LogP contribution in [-0.2, 0) is 9.47 Å². The molecule has 0 N–H and O–H groups in total. The highest BCUT2D eigenvalue weighted by atomic mass is 16.7. The van der Waals surface area contributed by atoms with Crippen molar-refractivity contribution in [2.24, 2.45) is 5.92 Å². The summed E-state index contributed by atoms with van der Waals surface area (Å²) in [5.74, 6) is 0.686. The summed E-state index contributed by atoms with van der Waals surface area (Å²) in [6.07, 6.45) is 2.67. The summed E-state index contributed by atoms with van der Waals surface area (Å²) in [4.78, 5) is 0. The minimum Gasteiger partial charge on any atom is -0.356 e. The molecule has 1 fully saturated rings. The summed E-state index contributed by atoms with van der Waals surface area (Å²) < 4.78 is 10.6. The first kappa shape index (κ1) is 8.02. The molecule has 1 rings (SSSR count). The fraction of sp³-hybridized carbons (Fsp3) is 1.00. The topological polar surface area (TPSA) is 18.5 Å². The Bertz CT molecular complexity index is 103. The molecule has 1 heterocycles. The van der Waals surface area contributed by atoms with Crippen LogP contribution in [0.4, 0.5) is 0 Å². The maximum absolute atomic E-state index is 5.53. The van der Waals surface area contributed by atoms with E-state index in [1.165, 1.54) is 6.42 Å². The van der Waals surface area contributed by atoms with Gasteiger partial charge in [0.15, 0.2) is 6.29 Å². The third-order valence-electron chi connectivity index (χ3n) is 2.29. The number of methoxy groups -OCH3 is 1. The number of rotatable bonds is 1. The Hall–Kier alpha value is -0.0800. The van der Waals surface area contributed by atoms with Gasteiger partial charge in [0, 0.05) is 7.11 Å². The third-order valence-corrected chi connectivity index (χ3v) is 2.29. The molecular weight excluding hydrogens is 128 g/mol. The highest BCUT2D eigenvalue weighted by Gasteiger charge is 2.24. The van der Waals surface area contributed by atoms with Gasteiger partial charge in [-0.15, -0.1) is 0 Å². The molecule has 0 saturated carbocycles. The van der Waals surface area contributed by atoms with Crippen molar-refractivity contribution in [2.75, 3.05) is 7.11 Å². The van der Waals surface area contributed by atoms with Crippen molar-refractivity contribution >= 4 is 0 Å². The molecule has 2 heteroatoms. The molecule has 0 amide bonds. The Kier molecular flexibility index (Phi) is 2.69. The van der Waals surface area contributed by atoms with Crippen LogP contribution < -0.4 is 0 Å². The van der Waals surface area contributed by atoms with Crippen molar-refractivity contribution in [3.63, 3.8) is 0 Å². The number of hydrogen-bond acceptors (Lipinski definition) is 2. The molecule has 1 aliphatic heterocycles. The first-order valence-corrected chi connectivity index (χ1v) is 3.92. The van der Waals surface area contributed by atoms with Crippen LogP contribution in [0.2, 0.25) is 0 Å². The zero-order valence-corrected chi connectivity index (χ0v) is 6.96. The van der Waals surface area contributed by atoms with Crippen LogP contribution in [0.25, 0.3) is 0 Å². The lowest BCUT2D eigenvalue weighted by atomic mass is 9.97. The second-order valence-corrected chi connectivity index (χ2v) is 3.06. The summed E-state index contributed by atoms with van der Waals surface area (Å²) in [5, 5.41) is 0. The molecule has 3 unspecified atom stereocenters. The maximum Gasteiger partial charge on any atom is 0.157 e. The first-order chi connectivity index (χ1) is 4.74. The predicted octanol–water partition coefficient (Wildman–Crippen LogP) is 1.79. The van der Waals surface area contributed by atoms with Crippen LogP contribution in [0.5, 0.6) is 0 Å². The minimum absolute atomic E-state index is 0.0474. The van der Waals surface area contributed by atoms with Gasteiger partial charge in [0.2, 0.25) is 0 Å². The number of ether oxygens (including phenoxy) is 2. The highest BCUT2D eigenvalue weighted by Crippen LogP contribution is 2.24. The van der Waals surface area contributed by atoms with Gasteiger partial charge in [0.25, 0.3) is 0 Å². The Labute approximate surface area is 62.5 Å². The Balaban J connectivity index is 2.33. The third kappa shape index (κ3) is 1.70. The summed E-state index contributed by atoms with van der Waals surface area (Å²) >= 11 is 0. The fourth-order valence-electron chi connectivity index (χ4n) is 1.25. The first-order valence-electron chi connectivity index (χ1n) is 3.92. The molecule has 0 spiro atoms. The summed E-state index contributed by atoms with van der Waals surface area (Å²) in [7, 11) is 1.70. The summed E-state index contributed by atoms with van der Waals surface area (Å²) in [5.41, 5.74) is 0. The molecule has 0 aromatic rings. The fourth-order valence-corrected chi connectivity index (χ4v) is 1.25. The van der Waals surface area contributed by atoms with E-state index in [-0.39, 0.29) is 6.29 Å². The molecule has 1 aliphatic rings. The van der Waals surface area contributed by atoms with E-state index in [1.54, 1.807) is 7.11 Å². The van der Waals surface area contributed by atoms with E-state index in [2.05, 4.69) is 13.8 Å². The van der Waals surface area contributed by atoms with Gasteiger partial charge in [-0.25, -0.2) is 0 Å². The smallest absolute Gasteiger partial charge is 0.157 e. The van der Waals surface area contributed by atoms with Gasteiger partial charge >= 0.3 is 0 Å². The highest BCUT2D eigenvalue weighted by molar-refractivity contribution is 4.68. The number of hydrogen-bond donors (Lipinski definition) is 0. The van der Waals surface area contributed by atoms with Crippen LogP contribution >= 0.6 is 0 Å². The van der Waals surface area contributed by atoms with Crippen LogP contribution in [0.15, 0.2) is 0 Å². The molecule has 0 aliphatic carbocycles. The van der Waals surface area contributed by atoms with Crippen molar-refractivity contribution in [1.82, 2.24) is 0 Å². The maximum atomic E-state index is 5.53. The molecule has 60 valence electrons. The minimum atomic E-state index is 0.0474. The van der Waals surface area contributed by atoms with Crippen molar-refractivity contribution in [1.29, 1.82) is 0 Å². The van der Waals surface area contributed by atoms with Gasteiger partial charge in [-0.05, 0) is 25.7 Å². The van der Waals surface area contributed by atoms with E-state index < -0.39 is 0 Å². The van der Waals surface area contributed by atoms with E-state index in [9.17, 15) is 0 Å². The standard InChI is InChI=1S/C8H16O2/c1-6-4-5-8(9-3)10-7(6)2/h6-8H,4-5H2,1-3H3. The lowest BCUT2D eigenvalue weighted by molar-refractivity contribution is -0.189. The zero-order chi connectivity index (χ0) is 7.56. The van der Waals surface area contributed by atoms with Crippen molar-refractivity contribution < 1.29 is 9.47 Å². The lowest BCUT2D eigenvalue weighted by Crippen LogP contribution is -2.32. The Morgan fingerprint density at radius 2 is 2.00 bits per heavy atom. The second kappa shape index (κ2) is 3.35. The van der Waals surface area contributed by atoms with Crippen molar-refractivity contribution in [3.8, 4) is 0 Å². The molecule has 0 bridgehead atoms. The molecule has 0 radical (unpaired) electrons. The molecule has 0 aromatic carbocycles. The van der Waals surface area contributed by atoms with Gasteiger partial charge in [-0.2, -0.15) is 0 Å². The van der Waals surface area contributed by atoms with Crippen LogP contribution in [0, 0.1) is 5.92 Å². The van der Waals surface area contributed by atoms with Crippen LogP contribution in [0.3, 0.4) is 0 Å².